The zero-order valence-electron chi connectivity index (χ0n) is 14.6. The highest BCUT2D eigenvalue weighted by molar-refractivity contribution is 7.89. The standard InChI is InChI=1S/C17H21N3O4S2/c1-12(21)17(22)20-7-5-13-3-4-15(9-14(13)10-20)26(23,24)19(2)11-16-18-6-8-25-16/h3-4,6,8-9,12,21H,5,7,10-11H2,1-2H3/t12-/m1/s1. The van der Waals surface area contributed by atoms with Crippen molar-refractivity contribution in [2.75, 3.05) is 13.6 Å². The number of aliphatic hydroxyl groups is 1. The molecule has 0 unspecified atom stereocenters. The number of thiazole rings is 1. The van der Waals surface area contributed by atoms with Crippen LogP contribution in [0, 0.1) is 0 Å². The molecule has 26 heavy (non-hydrogen) atoms. The van der Waals surface area contributed by atoms with Crippen LogP contribution in [-0.4, -0.2) is 53.3 Å². The Bertz CT molecular complexity index is 895. The second-order valence-electron chi connectivity index (χ2n) is 6.30. The lowest BCUT2D eigenvalue weighted by atomic mass is 9.99. The Kier molecular flexibility index (Phi) is 5.42. The summed E-state index contributed by atoms with van der Waals surface area (Å²) in [5.41, 5.74) is 1.83. The molecule has 0 spiro atoms. The summed E-state index contributed by atoms with van der Waals surface area (Å²) in [6.45, 7) is 2.47. The Morgan fingerprint density at radius 3 is 2.85 bits per heavy atom. The van der Waals surface area contributed by atoms with Crippen LogP contribution in [-0.2, 0) is 34.3 Å². The molecule has 0 radical (unpaired) electrons. The largest absolute Gasteiger partial charge is 0.384 e. The number of benzene rings is 1. The van der Waals surface area contributed by atoms with Gasteiger partial charge in [-0.25, -0.2) is 13.4 Å². The van der Waals surface area contributed by atoms with E-state index in [4.69, 9.17) is 0 Å². The van der Waals surface area contributed by atoms with E-state index in [0.717, 1.165) is 16.1 Å². The summed E-state index contributed by atoms with van der Waals surface area (Å²) < 4.78 is 27.0. The molecule has 0 bridgehead atoms. The zero-order valence-corrected chi connectivity index (χ0v) is 16.3. The molecule has 2 aromatic rings. The summed E-state index contributed by atoms with van der Waals surface area (Å²) in [6, 6.07) is 5.05. The van der Waals surface area contributed by atoms with Crippen LogP contribution in [0.15, 0.2) is 34.7 Å². The molecule has 0 saturated heterocycles. The molecule has 140 valence electrons. The predicted molar refractivity (Wildman–Crippen MR) is 98.0 cm³/mol. The molecule has 7 nitrogen and oxygen atoms in total. The van der Waals surface area contributed by atoms with E-state index in [1.807, 2.05) is 11.4 Å². The lowest BCUT2D eigenvalue weighted by Gasteiger charge is -2.30. The minimum absolute atomic E-state index is 0.196. The smallest absolute Gasteiger partial charge is 0.251 e. The SMILES string of the molecule is C[C@@H](O)C(=O)N1CCc2ccc(S(=O)(=O)N(C)Cc3nccs3)cc2C1. The first kappa shape index (κ1) is 19.0. The molecule has 3 rings (SSSR count). The third-order valence-electron chi connectivity index (χ3n) is 4.41. The number of carbonyl (C=O) groups excluding carboxylic acids is 1. The Hall–Kier alpha value is -1.81. The van der Waals surface area contributed by atoms with Crippen molar-refractivity contribution in [2.24, 2.45) is 0 Å². The second kappa shape index (κ2) is 7.43. The fourth-order valence-electron chi connectivity index (χ4n) is 2.93. The molecule has 0 fully saturated rings. The third kappa shape index (κ3) is 3.80. The van der Waals surface area contributed by atoms with Crippen LogP contribution in [0.1, 0.15) is 23.1 Å². The Balaban J connectivity index is 1.83. The van der Waals surface area contributed by atoms with Crippen LogP contribution in [0.4, 0.5) is 0 Å². The van der Waals surface area contributed by atoms with E-state index < -0.39 is 16.1 Å². The highest BCUT2D eigenvalue weighted by atomic mass is 32.2. The van der Waals surface area contributed by atoms with Gasteiger partial charge < -0.3 is 10.0 Å². The molecule has 0 aliphatic carbocycles. The summed E-state index contributed by atoms with van der Waals surface area (Å²) in [7, 11) is -2.13. The van der Waals surface area contributed by atoms with Gasteiger partial charge in [0.05, 0.1) is 11.4 Å². The van der Waals surface area contributed by atoms with Gasteiger partial charge in [0.1, 0.15) is 11.1 Å². The molecule has 1 aromatic heterocycles. The van der Waals surface area contributed by atoms with Gasteiger partial charge in [-0.3, -0.25) is 4.79 Å². The van der Waals surface area contributed by atoms with E-state index in [1.54, 1.807) is 23.2 Å². The van der Waals surface area contributed by atoms with Gasteiger partial charge in [0, 0.05) is 31.7 Å². The zero-order chi connectivity index (χ0) is 18.9. The van der Waals surface area contributed by atoms with Crippen LogP contribution in [0.3, 0.4) is 0 Å². The first-order valence-corrected chi connectivity index (χ1v) is 10.5. The van der Waals surface area contributed by atoms with Crippen molar-refractivity contribution < 1.29 is 18.3 Å². The number of hydrogen-bond donors (Lipinski definition) is 1. The van der Waals surface area contributed by atoms with Crippen molar-refractivity contribution in [1.82, 2.24) is 14.2 Å². The highest BCUT2D eigenvalue weighted by Crippen LogP contribution is 2.25. The predicted octanol–water partition coefficient (Wildman–Crippen LogP) is 1.23. The minimum Gasteiger partial charge on any atom is -0.384 e. The molecule has 0 saturated carbocycles. The Morgan fingerprint density at radius 2 is 2.19 bits per heavy atom. The van der Waals surface area contributed by atoms with Crippen LogP contribution < -0.4 is 0 Å². The molecule has 1 amide bonds. The van der Waals surface area contributed by atoms with Crippen LogP contribution in [0.2, 0.25) is 0 Å². The van der Waals surface area contributed by atoms with E-state index in [1.165, 1.54) is 29.6 Å². The highest BCUT2D eigenvalue weighted by Gasteiger charge is 2.27. The molecular formula is C17H21N3O4S2. The average Bonchev–Trinajstić information content (AvgIpc) is 3.12. The van der Waals surface area contributed by atoms with Gasteiger partial charge in [-0.15, -0.1) is 11.3 Å². The topological polar surface area (TPSA) is 90.8 Å². The summed E-state index contributed by atoms with van der Waals surface area (Å²) in [4.78, 5) is 17.9. The number of nitrogens with zero attached hydrogens (tertiary/aromatic N) is 3. The maximum atomic E-state index is 12.9. The number of amides is 1. The third-order valence-corrected chi connectivity index (χ3v) is 6.97. The van der Waals surface area contributed by atoms with Crippen molar-refractivity contribution in [3.05, 3.63) is 45.9 Å². The maximum Gasteiger partial charge on any atom is 0.251 e. The second-order valence-corrected chi connectivity index (χ2v) is 9.33. The van der Waals surface area contributed by atoms with Gasteiger partial charge in [0.25, 0.3) is 5.91 Å². The summed E-state index contributed by atoms with van der Waals surface area (Å²) >= 11 is 1.41. The molecule has 1 atom stereocenters. The molecular weight excluding hydrogens is 374 g/mol. The van der Waals surface area contributed by atoms with E-state index in [0.29, 0.717) is 19.5 Å². The first-order chi connectivity index (χ1) is 12.3. The van der Waals surface area contributed by atoms with Crippen molar-refractivity contribution in [2.45, 2.75) is 37.4 Å². The molecule has 1 aliphatic rings. The maximum absolute atomic E-state index is 12.9. The van der Waals surface area contributed by atoms with Crippen LogP contribution >= 0.6 is 11.3 Å². The number of rotatable bonds is 5. The van der Waals surface area contributed by atoms with Gasteiger partial charge in [0.15, 0.2) is 0 Å². The number of sulfonamides is 1. The lowest BCUT2D eigenvalue weighted by Crippen LogP contribution is -2.41. The first-order valence-electron chi connectivity index (χ1n) is 8.22. The Morgan fingerprint density at radius 1 is 1.42 bits per heavy atom. The monoisotopic (exact) mass is 395 g/mol. The fraction of sp³-hybridized carbons (Fsp3) is 0.412. The van der Waals surface area contributed by atoms with E-state index >= 15 is 0 Å². The summed E-state index contributed by atoms with van der Waals surface area (Å²) in [5, 5.41) is 12.0. The minimum atomic E-state index is -3.66. The number of fused-ring (bicyclic) bond motifs is 1. The fourth-order valence-corrected chi connectivity index (χ4v) is 4.87. The van der Waals surface area contributed by atoms with Crippen LogP contribution in [0.5, 0.6) is 0 Å². The van der Waals surface area contributed by atoms with Gasteiger partial charge in [-0.05, 0) is 36.6 Å². The summed E-state index contributed by atoms with van der Waals surface area (Å²) in [5.74, 6) is -0.343. The van der Waals surface area contributed by atoms with E-state index in [-0.39, 0.29) is 17.3 Å². The van der Waals surface area contributed by atoms with Gasteiger partial charge in [-0.2, -0.15) is 4.31 Å². The number of carbonyl (C=O) groups is 1. The molecule has 2 heterocycles. The van der Waals surface area contributed by atoms with Crippen molar-refractivity contribution in [3.63, 3.8) is 0 Å². The van der Waals surface area contributed by atoms with Gasteiger partial charge in [-0.1, -0.05) is 6.07 Å². The Labute approximate surface area is 156 Å². The summed E-state index contributed by atoms with van der Waals surface area (Å²) in [6.07, 6.45) is 1.23. The van der Waals surface area contributed by atoms with Crippen molar-refractivity contribution in [1.29, 1.82) is 0 Å². The van der Waals surface area contributed by atoms with E-state index in [2.05, 4.69) is 4.98 Å². The molecule has 9 heteroatoms. The number of aliphatic hydroxyl groups excluding tert-OH is 1. The quantitative estimate of drug-likeness (QED) is 0.822. The van der Waals surface area contributed by atoms with Gasteiger partial charge in [0.2, 0.25) is 10.0 Å². The average molecular weight is 396 g/mol. The van der Waals surface area contributed by atoms with Crippen molar-refractivity contribution >= 4 is 27.3 Å². The van der Waals surface area contributed by atoms with Crippen molar-refractivity contribution in [3.8, 4) is 0 Å². The van der Waals surface area contributed by atoms with Crippen LogP contribution in [0.25, 0.3) is 0 Å². The molecule has 1 aliphatic heterocycles. The normalized spacial score (nSPS) is 15.8. The number of hydrogen-bond acceptors (Lipinski definition) is 6. The lowest BCUT2D eigenvalue weighted by molar-refractivity contribution is -0.140. The van der Waals surface area contributed by atoms with Gasteiger partial charge >= 0.3 is 0 Å². The number of aromatic nitrogens is 1. The molecule has 1 aromatic carbocycles. The molecule has 1 N–H and O–H groups in total. The van der Waals surface area contributed by atoms with E-state index in [9.17, 15) is 18.3 Å².